The summed E-state index contributed by atoms with van der Waals surface area (Å²) in [4.78, 5) is 28.1. The third-order valence-electron chi connectivity index (χ3n) is 2.06. The number of aryl methyl sites for hydroxylation is 1. The van der Waals surface area contributed by atoms with Gasteiger partial charge in [-0.1, -0.05) is 0 Å². The number of aromatic nitrogens is 1. The number of hydrogen-bond acceptors (Lipinski definition) is 4. The van der Waals surface area contributed by atoms with Crippen LogP contribution in [0.25, 0.3) is 0 Å². The molecular weight excluding hydrogens is 200 g/mol. The highest BCUT2D eigenvalue weighted by molar-refractivity contribution is 7.09. The maximum atomic E-state index is 11.3. The van der Waals surface area contributed by atoms with Crippen LogP contribution in [0, 0.1) is 6.92 Å². The predicted molar refractivity (Wildman–Crippen MR) is 51.9 cm³/mol. The molecule has 1 saturated heterocycles. The summed E-state index contributed by atoms with van der Waals surface area (Å²) >= 11 is 1.52. The first-order valence-corrected chi connectivity index (χ1v) is 5.23. The maximum absolute atomic E-state index is 11.3. The fourth-order valence-electron chi connectivity index (χ4n) is 1.42. The molecule has 0 bridgehead atoms. The molecule has 14 heavy (non-hydrogen) atoms. The van der Waals surface area contributed by atoms with Crippen molar-refractivity contribution in [1.82, 2.24) is 9.88 Å². The van der Waals surface area contributed by atoms with E-state index in [2.05, 4.69) is 4.98 Å². The van der Waals surface area contributed by atoms with Gasteiger partial charge in [-0.2, -0.15) is 0 Å². The summed E-state index contributed by atoms with van der Waals surface area (Å²) in [5.41, 5.74) is 0.961. The van der Waals surface area contributed by atoms with Crippen LogP contribution in [0.1, 0.15) is 17.1 Å². The molecule has 5 heteroatoms. The van der Waals surface area contributed by atoms with Gasteiger partial charge in [0.1, 0.15) is 5.01 Å². The molecule has 4 nitrogen and oxygen atoms in total. The van der Waals surface area contributed by atoms with Crippen LogP contribution in [0.15, 0.2) is 5.38 Å². The van der Waals surface area contributed by atoms with Crippen LogP contribution in [0.2, 0.25) is 0 Å². The molecule has 1 aliphatic heterocycles. The van der Waals surface area contributed by atoms with Crippen LogP contribution < -0.4 is 0 Å². The number of thiazole rings is 1. The number of likely N-dealkylation sites (tertiary alicyclic amines) is 1. The van der Waals surface area contributed by atoms with Gasteiger partial charge in [0, 0.05) is 11.1 Å². The number of rotatable bonds is 2. The zero-order chi connectivity index (χ0) is 10.1. The first kappa shape index (κ1) is 9.33. The lowest BCUT2D eigenvalue weighted by molar-refractivity contribution is -0.128. The zero-order valence-electron chi connectivity index (χ0n) is 7.82. The fraction of sp³-hybridized carbons (Fsp3) is 0.444. The van der Waals surface area contributed by atoms with Crippen molar-refractivity contribution in [3.8, 4) is 0 Å². The Balaban J connectivity index is 2.05. The third kappa shape index (κ3) is 1.82. The fourth-order valence-corrected chi connectivity index (χ4v) is 2.21. The molecule has 74 valence electrons. The molecule has 1 fully saturated rings. The summed E-state index contributed by atoms with van der Waals surface area (Å²) in [5.74, 6) is -0.0777. The third-order valence-corrected chi connectivity index (χ3v) is 3.01. The van der Waals surface area contributed by atoms with E-state index in [0.29, 0.717) is 6.54 Å². The molecule has 0 atom stereocenters. The Morgan fingerprint density at radius 2 is 2.36 bits per heavy atom. The molecule has 0 spiro atoms. The predicted octanol–water partition coefficient (Wildman–Crippen LogP) is 0.753. The number of carbonyl (C=O) groups is 2. The zero-order valence-corrected chi connectivity index (χ0v) is 8.63. The standard InChI is InChI=1S/C9H10N2O2S/c1-6-5-14-8(10-6)4-11-3-7(12)2-9(11)13/h5H,2-4H2,1H3. The smallest absolute Gasteiger partial charge is 0.230 e. The lowest BCUT2D eigenvalue weighted by Crippen LogP contribution is -2.24. The molecule has 1 aromatic rings. The van der Waals surface area contributed by atoms with Crippen LogP contribution >= 0.6 is 11.3 Å². The van der Waals surface area contributed by atoms with Gasteiger partial charge in [0.25, 0.3) is 0 Å². The number of hydrogen-bond donors (Lipinski definition) is 0. The van der Waals surface area contributed by atoms with Crippen LogP contribution in [0.3, 0.4) is 0 Å². The van der Waals surface area contributed by atoms with E-state index in [0.717, 1.165) is 10.7 Å². The van der Waals surface area contributed by atoms with E-state index in [1.165, 1.54) is 11.3 Å². The summed E-state index contributed by atoms with van der Waals surface area (Å²) in [6.07, 6.45) is 0.0599. The monoisotopic (exact) mass is 210 g/mol. The molecule has 1 aromatic heterocycles. The molecular formula is C9H10N2O2S. The van der Waals surface area contributed by atoms with Crippen molar-refractivity contribution < 1.29 is 9.59 Å². The van der Waals surface area contributed by atoms with Gasteiger partial charge in [-0.25, -0.2) is 4.98 Å². The Hall–Kier alpha value is -1.23. The molecule has 0 N–H and O–H groups in total. The Kier molecular flexibility index (Phi) is 2.33. The average molecular weight is 210 g/mol. The molecule has 2 rings (SSSR count). The second-order valence-electron chi connectivity index (χ2n) is 3.35. The lowest BCUT2D eigenvalue weighted by atomic mass is 10.3. The average Bonchev–Trinajstić information content (AvgIpc) is 2.61. The minimum Gasteiger partial charge on any atom is -0.328 e. The second-order valence-corrected chi connectivity index (χ2v) is 4.29. The summed E-state index contributed by atoms with van der Waals surface area (Å²) in [6.45, 7) is 2.64. The van der Waals surface area contributed by atoms with E-state index < -0.39 is 0 Å². The van der Waals surface area contributed by atoms with Gasteiger partial charge >= 0.3 is 0 Å². The number of ketones is 1. The van der Waals surface area contributed by atoms with Crippen molar-refractivity contribution in [3.63, 3.8) is 0 Å². The van der Waals surface area contributed by atoms with Gasteiger partial charge in [-0.3, -0.25) is 9.59 Å². The molecule has 0 aromatic carbocycles. The van der Waals surface area contributed by atoms with Gasteiger partial charge < -0.3 is 4.90 Å². The van der Waals surface area contributed by atoms with E-state index in [1.807, 2.05) is 12.3 Å². The molecule has 2 heterocycles. The first-order valence-electron chi connectivity index (χ1n) is 4.35. The molecule has 1 aliphatic rings. The lowest BCUT2D eigenvalue weighted by Gasteiger charge is -2.11. The minimum atomic E-state index is -0.0807. The molecule has 1 amide bonds. The number of amides is 1. The van der Waals surface area contributed by atoms with Crippen molar-refractivity contribution in [2.45, 2.75) is 19.9 Å². The van der Waals surface area contributed by atoms with E-state index in [9.17, 15) is 9.59 Å². The van der Waals surface area contributed by atoms with E-state index in [4.69, 9.17) is 0 Å². The highest BCUT2D eigenvalue weighted by atomic mass is 32.1. The highest BCUT2D eigenvalue weighted by Gasteiger charge is 2.27. The quantitative estimate of drug-likeness (QED) is 0.677. The first-order chi connectivity index (χ1) is 6.65. The van der Waals surface area contributed by atoms with Crippen LogP contribution in [-0.4, -0.2) is 28.1 Å². The van der Waals surface area contributed by atoms with Crippen molar-refractivity contribution in [2.24, 2.45) is 0 Å². The van der Waals surface area contributed by atoms with Crippen LogP contribution in [-0.2, 0) is 16.1 Å². The van der Waals surface area contributed by atoms with E-state index in [-0.39, 0.29) is 24.7 Å². The second kappa shape index (κ2) is 3.49. The molecule has 0 saturated carbocycles. The van der Waals surface area contributed by atoms with Crippen LogP contribution in [0.4, 0.5) is 0 Å². The molecule has 0 aliphatic carbocycles. The Morgan fingerprint density at radius 1 is 1.57 bits per heavy atom. The molecule has 0 radical (unpaired) electrons. The van der Waals surface area contributed by atoms with Crippen molar-refractivity contribution >= 4 is 23.0 Å². The van der Waals surface area contributed by atoms with Crippen molar-refractivity contribution in [2.75, 3.05) is 6.54 Å². The number of Topliss-reactive ketones (excluding diaryl/α,β-unsaturated/α-hetero) is 1. The Labute approximate surface area is 85.6 Å². The molecule has 0 unspecified atom stereocenters. The number of carbonyl (C=O) groups excluding carboxylic acids is 2. The van der Waals surface area contributed by atoms with Gasteiger partial charge in [-0.05, 0) is 6.92 Å². The number of nitrogens with zero attached hydrogens (tertiary/aromatic N) is 2. The SMILES string of the molecule is Cc1csc(CN2CC(=O)CC2=O)n1. The van der Waals surface area contributed by atoms with E-state index >= 15 is 0 Å². The minimum absolute atomic E-state index is 0.00304. The maximum Gasteiger partial charge on any atom is 0.230 e. The Bertz CT molecular complexity index is 386. The van der Waals surface area contributed by atoms with Gasteiger partial charge in [-0.15, -0.1) is 11.3 Å². The summed E-state index contributed by atoms with van der Waals surface area (Å²) in [6, 6.07) is 0. The normalized spacial score (nSPS) is 16.8. The van der Waals surface area contributed by atoms with E-state index in [1.54, 1.807) is 4.90 Å². The van der Waals surface area contributed by atoms with Crippen molar-refractivity contribution in [1.29, 1.82) is 0 Å². The summed E-state index contributed by atoms with van der Waals surface area (Å²) in [5, 5.41) is 2.84. The topological polar surface area (TPSA) is 50.3 Å². The van der Waals surface area contributed by atoms with Crippen molar-refractivity contribution in [3.05, 3.63) is 16.1 Å². The van der Waals surface area contributed by atoms with Gasteiger partial charge in [0.05, 0.1) is 19.5 Å². The largest absolute Gasteiger partial charge is 0.328 e. The van der Waals surface area contributed by atoms with Gasteiger partial charge in [0.15, 0.2) is 5.78 Å². The van der Waals surface area contributed by atoms with Gasteiger partial charge in [0.2, 0.25) is 5.91 Å². The highest BCUT2D eigenvalue weighted by Crippen LogP contribution is 2.15. The summed E-state index contributed by atoms with van der Waals surface area (Å²) < 4.78 is 0. The Morgan fingerprint density at radius 3 is 2.86 bits per heavy atom. The van der Waals surface area contributed by atoms with Crippen LogP contribution in [0.5, 0.6) is 0 Å². The summed E-state index contributed by atoms with van der Waals surface area (Å²) in [7, 11) is 0.